The number of piperidine rings is 1. The molecule has 8 rings (SSSR count). The second kappa shape index (κ2) is 23.9. The van der Waals surface area contributed by atoms with E-state index in [4.69, 9.17) is 23.9 Å². The molecule has 364 valence electrons. The second-order valence-corrected chi connectivity index (χ2v) is 16.8. The first-order valence-electron chi connectivity index (χ1n) is 23.4. The largest absolute Gasteiger partial charge is 0.382 e. The van der Waals surface area contributed by atoms with Crippen molar-refractivity contribution in [1.29, 1.82) is 0 Å². The fourth-order valence-electron chi connectivity index (χ4n) is 8.76. The lowest BCUT2D eigenvalue weighted by Gasteiger charge is -2.35. The summed E-state index contributed by atoms with van der Waals surface area (Å²) >= 11 is 0. The summed E-state index contributed by atoms with van der Waals surface area (Å²) in [6, 6.07) is 20.4. The second-order valence-electron chi connectivity index (χ2n) is 16.8. The number of nitrogens with one attached hydrogen (secondary N) is 3. The van der Waals surface area contributed by atoms with Crippen LogP contribution in [0.3, 0.4) is 0 Å². The van der Waals surface area contributed by atoms with E-state index >= 15 is 0 Å². The van der Waals surface area contributed by atoms with E-state index in [1.165, 1.54) is 6.07 Å². The zero-order chi connectivity index (χ0) is 48.0. The van der Waals surface area contributed by atoms with Gasteiger partial charge in [-0.15, -0.1) is 10.2 Å². The van der Waals surface area contributed by atoms with Gasteiger partial charge in [-0.2, -0.15) is 0 Å². The van der Waals surface area contributed by atoms with Crippen molar-refractivity contribution in [3.8, 4) is 0 Å². The Bertz CT molecular complexity index is 2470. The molecule has 4 aliphatic rings. The van der Waals surface area contributed by atoms with Gasteiger partial charge in [-0.3, -0.25) is 34.2 Å². The molecule has 3 N–H and O–H groups in total. The number of imide groups is 2. The number of carbonyl (C=O) groups is 5. The molecular weight excluding hydrogens is 892 g/mol. The van der Waals surface area contributed by atoms with Crippen LogP contribution in [0.2, 0.25) is 0 Å². The minimum absolute atomic E-state index is 0.0502. The Labute approximate surface area is 399 Å². The average molecular weight is 949 g/mol. The number of hydrogen-bond acceptors (Lipinski definition) is 16. The number of halogens is 1. The molecule has 0 radical (unpaired) electrons. The van der Waals surface area contributed by atoms with Crippen molar-refractivity contribution in [3.63, 3.8) is 0 Å². The van der Waals surface area contributed by atoms with E-state index in [0.717, 1.165) is 47.2 Å². The molecule has 4 aliphatic heterocycles. The highest BCUT2D eigenvalue weighted by Gasteiger charge is 2.45. The van der Waals surface area contributed by atoms with Crippen molar-refractivity contribution in [1.82, 2.24) is 30.3 Å². The highest BCUT2D eigenvalue weighted by atomic mass is 19.1. The van der Waals surface area contributed by atoms with Crippen LogP contribution in [0.1, 0.15) is 70.1 Å². The molecule has 0 spiro atoms. The zero-order valence-electron chi connectivity index (χ0n) is 38.4. The summed E-state index contributed by atoms with van der Waals surface area (Å²) in [6.07, 6.45) is 6.03. The normalized spacial score (nSPS) is 18.3. The van der Waals surface area contributed by atoms with Crippen molar-refractivity contribution < 1.29 is 47.3 Å². The Morgan fingerprint density at radius 2 is 1.49 bits per heavy atom. The van der Waals surface area contributed by atoms with Crippen LogP contribution in [0.15, 0.2) is 79.0 Å². The number of rotatable bonds is 23. The smallest absolute Gasteiger partial charge is 0.264 e. The third kappa shape index (κ3) is 12.6. The number of aromatic nitrogens is 3. The van der Waals surface area contributed by atoms with Gasteiger partial charge in [-0.1, -0.05) is 24.3 Å². The molecule has 0 bridgehead atoms. The predicted octanol–water partition coefficient (Wildman–Crippen LogP) is 4.05. The van der Waals surface area contributed by atoms with Gasteiger partial charge in [-0.25, -0.2) is 9.37 Å². The summed E-state index contributed by atoms with van der Waals surface area (Å²) in [5.74, 6) is -0.193. The third-order valence-electron chi connectivity index (χ3n) is 12.2. The van der Waals surface area contributed by atoms with Gasteiger partial charge >= 0.3 is 0 Å². The fourth-order valence-corrected chi connectivity index (χ4v) is 8.76. The Morgan fingerprint density at radius 1 is 0.754 bits per heavy atom. The summed E-state index contributed by atoms with van der Waals surface area (Å²) in [5.41, 5.74) is 2.59. The van der Waals surface area contributed by atoms with Crippen molar-refractivity contribution in [2.24, 2.45) is 0 Å². The van der Waals surface area contributed by atoms with Crippen LogP contribution in [-0.2, 0) is 33.3 Å². The standard InChI is InChI=1S/C49H57FN10O9/c50-35-6-1-5-34(33-35)39-10-4-20-59(39)43-14-13-41(55-56-43)52-18-16-36-7-2-11-42(53-36)57-21-23-58(24-22-57)45(62)17-25-66-27-29-68-31-32-69-30-28-67-26-19-51-38-9-3-8-37-46(38)49(65)60(48(37)64)40-12-15-44(61)54-47(40)63/h1-3,5-9,11,13-14,16,18,33,39-40,51H,4,10,12,15,17,19-32H2,(H,52,55)(H,54,61,63)/b18-16+/t39-,40?/m1/s1. The molecule has 5 amide bonds. The van der Waals surface area contributed by atoms with Gasteiger partial charge in [0.1, 0.15) is 17.7 Å². The number of anilines is 4. The highest BCUT2D eigenvalue weighted by Crippen LogP contribution is 2.36. The number of benzene rings is 2. The van der Waals surface area contributed by atoms with Crippen LogP contribution in [-0.4, -0.2) is 153 Å². The molecule has 4 aromatic rings. The minimum Gasteiger partial charge on any atom is -0.382 e. The molecule has 69 heavy (non-hydrogen) atoms. The Balaban J connectivity index is 0.631. The summed E-state index contributed by atoms with van der Waals surface area (Å²) in [4.78, 5) is 75.0. The van der Waals surface area contributed by atoms with Crippen LogP contribution in [0, 0.1) is 5.82 Å². The molecule has 19 nitrogen and oxygen atoms in total. The minimum atomic E-state index is -1.02. The number of ether oxygens (including phenoxy) is 4. The van der Waals surface area contributed by atoms with Gasteiger partial charge in [0.15, 0.2) is 11.6 Å². The Morgan fingerprint density at radius 3 is 2.23 bits per heavy atom. The SMILES string of the molecule is O=C1CCC(N2C(=O)c3cccc(NCCOCCOCCOCCOCCC(=O)N4CCN(c5cccc(/C=C/Nc6ccc(N7CCC[C@@H]7c7cccc(F)c7)nn6)n5)CC4)c3C2=O)C(=O)N1. The van der Waals surface area contributed by atoms with Gasteiger partial charge in [0, 0.05) is 57.6 Å². The Hall–Kier alpha value is -6.87. The van der Waals surface area contributed by atoms with Gasteiger partial charge in [-0.05, 0) is 79.4 Å². The monoisotopic (exact) mass is 948 g/mol. The number of pyridine rings is 1. The van der Waals surface area contributed by atoms with Crippen molar-refractivity contribution in [2.75, 3.05) is 113 Å². The lowest BCUT2D eigenvalue weighted by atomic mass is 10.0. The fraction of sp³-hybridized carbons (Fsp3) is 0.429. The third-order valence-corrected chi connectivity index (χ3v) is 12.2. The quantitative estimate of drug-likeness (QED) is 0.0708. The molecule has 2 aromatic heterocycles. The van der Waals surface area contributed by atoms with Crippen molar-refractivity contribution >= 4 is 58.8 Å². The van der Waals surface area contributed by atoms with Crippen LogP contribution in [0.5, 0.6) is 0 Å². The molecule has 1 unspecified atom stereocenters. The molecule has 20 heteroatoms. The highest BCUT2D eigenvalue weighted by molar-refractivity contribution is 6.25. The topological polar surface area (TPSA) is 210 Å². The van der Waals surface area contributed by atoms with Gasteiger partial charge < -0.3 is 44.3 Å². The summed E-state index contributed by atoms with van der Waals surface area (Å²) in [6.45, 7) is 6.56. The number of piperazine rings is 1. The first-order chi connectivity index (χ1) is 33.7. The van der Waals surface area contributed by atoms with E-state index < -0.39 is 29.7 Å². The van der Waals surface area contributed by atoms with E-state index in [-0.39, 0.29) is 41.7 Å². The molecule has 0 saturated carbocycles. The van der Waals surface area contributed by atoms with Gasteiger partial charge in [0.05, 0.1) is 82.1 Å². The van der Waals surface area contributed by atoms with E-state index in [1.807, 2.05) is 47.4 Å². The van der Waals surface area contributed by atoms with Crippen molar-refractivity contribution in [2.45, 2.75) is 44.2 Å². The summed E-state index contributed by atoms with van der Waals surface area (Å²) in [7, 11) is 0. The van der Waals surface area contributed by atoms with E-state index in [2.05, 4.69) is 35.9 Å². The van der Waals surface area contributed by atoms with Crippen LogP contribution in [0.25, 0.3) is 6.08 Å². The Kier molecular flexibility index (Phi) is 16.8. The number of carbonyl (C=O) groups excluding carboxylic acids is 5. The summed E-state index contributed by atoms with van der Waals surface area (Å²) in [5, 5.41) is 17.3. The van der Waals surface area contributed by atoms with E-state index in [9.17, 15) is 28.4 Å². The maximum Gasteiger partial charge on any atom is 0.264 e. The number of nitrogens with zero attached hydrogens (tertiary/aromatic N) is 7. The lowest BCUT2D eigenvalue weighted by Crippen LogP contribution is -2.54. The molecular formula is C49H57FN10O9. The van der Waals surface area contributed by atoms with Crippen LogP contribution < -0.4 is 25.8 Å². The summed E-state index contributed by atoms with van der Waals surface area (Å²) < 4.78 is 36.3. The molecule has 2 atom stereocenters. The first-order valence-corrected chi connectivity index (χ1v) is 23.4. The van der Waals surface area contributed by atoms with Crippen LogP contribution in [0.4, 0.5) is 27.5 Å². The molecule has 2 aromatic carbocycles. The maximum absolute atomic E-state index is 13.9. The van der Waals surface area contributed by atoms with E-state index in [0.29, 0.717) is 104 Å². The van der Waals surface area contributed by atoms with Gasteiger partial charge in [0.2, 0.25) is 17.7 Å². The van der Waals surface area contributed by atoms with Crippen LogP contribution >= 0.6 is 0 Å². The predicted molar refractivity (Wildman–Crippen MR) is 253 cm³/mol. The number of hydrogen-bond donors (Lipinski definition) is 3. The average Bonchev–Trinajstić information content (AvgIpc) is 3.95. The molecule has 3 fully saturated rings. The maximum atomic E-state index is 13.9. The first kappa shape index (κ1) is 48.6. The number of fused-ring (bicyclic) bond motifs is 1. The van der Waals surface area contributed by atoms with Crippen molar-refractivity contribution in [3.05, 3.63) is 107 Å². The zero-order valence-corrected chi connectivity index (χ0v) is 38.4. The molecule has 0 aliphatic carbocycles. The molecule has 3 saturated heterocycles. The number of amides is 5. The van der Waals surface area contributed by atoms with E-state index in [1.54, 1.807) is 36.5 Å². The molecule has 6 heterocycles. The van der Waals surface area contributed by atoms with Gasteiger partial charge in [0.25, 0.3) is 11.8 Å². The lowest BCUT2D eigenvalue weighted by molar-refractivity contribution is -0.136.